The van der Waals surface area contributed by atoms with Crippen LogP contribution >= 0.6 is 11.6 Å². The molecule has 0 bridgehead atoms. The van der Waals surface area contributed by atoms with Gasteiger partial charge in [-0.2, -0.15) is 0 Å². The average molecular weight is 307 g/mol. The van der Waals surface area contributed by atoms with E-state index in [2.05, 4.69) is 4.98 Å². The third kappa shape index (κ3) is 4.65. The number of benzene rings is 1. The lowest BCUT2D eigenvalue weighted by molar-refractivity contribution is -0.123. The third-order valence-electron chi connectivity index (χ3n) is 2.71. The van der Waals surface area contributed by atoms with Gasteiger partial charge in [0.1, 0.15) is 18.1 Å². The van der Waals surface area contributed by atoms with Gasteiger partial charge >= 0.3 is 0 Å². The first kappa shape index (κ1) is 15.1. The molecule has 1 heterocycles. The number of hydrogen-bond donors (Lipinski definition) is 1. The van der Waals surface area contributed by atoms with Crippen LogP contribution in [0.25, 0.3) is 0 Å². The summed E-state index contributed by atoms with van der Waals surface area (Å²) in [6.07, 6.45) is 0.901. The summed E-state index contributed by atoms with van der Waals surface area (Å²) in [7, 11) is 0. The first-order valence-corrected chi connectivity index (χ1v) is 6.71. The molecule has 2 N–H and O–H groups in total. The van der Waals surface area contributed by atoms with E-state index in [-0.39, 0.29) is 0 Å². The van der Waals surface area contributed by atoms with Gasteiger partial charge in [0.05, 0.1) is 10.7 Å². The second kappa shape index (κ2) is 6.95. The Hall–Kier alpha value is -2.27. The predicted molar refractivity (Wildman–Crippen MR) is 79.3 cm³/mol. The molecule has 2 rings (SSSR count). The fraction of sp³-hybridized carbons (Fsp3) is 0.200. The van der Waals surface area contributed by atoms with Gasteiger partial charge in [-0.25, -0.2) is 0 Å². The zero-order valence-electron chi connectivity index (χ0n) is 11.5. The largest absolute Gasteiger partial charge is 0.487 e. The number of nitrogens with zero attached hydrogens (tertiary/aromatic N) is 1. The Morgan fingerprint density at radius 2 is 1.90 bits per heavy atom. The van der Waals surface area contributed by atoms with Gasteiger partial charge in [0.25, 0.3) is 5.91 Å². The Morgan fingerprint density at radius 3 is 2.48 bits per heavy atom. The molecule has 21 heavy (non-hydrogen) atoms. The fourth-order valence-corrected chi connectivity index (χ4v) is 1.64. The van der Waals surface area contributed by atoms with Crippen LogP contribution in [-0.4, -0.2) is 17.0 Å². The van der Waals surface area contributed by atoms with Crippen LogP contribution in [0.1, 0.15) is 12.6 Å². The van der Waals surface area contributed by atoms with Crippen molar-refractivity contribution >= 4 is 17.5 Å². The van der Waals surface area contributed by atoms with Crippen molar-refractivity contribution in [1.29, 1.82) is 0 Å². The highest BCUT2D eigenvalue weighted by Gasteiger charge is 2.09. The maximum atomic E-state index is 10.9. The summed E-state index contributed by atoms with van der Waals surface area (Å²) in [6, 6.07) is 10.5. The molecule has 110 valence electrons. The second-order valence-corrected chi connectivity index (χ2v) is 4.83. The number of carbonyl (C=O) groups excluding carboxylic acids is 1. The quantitative estimate of drug-likeness (QED) is 0.890. The monoisotopic (exact) mass is 306 g/mol. The molecule has 0 saturated carbocycles. The standard InChI is InChI=1S/C15H15ClN2O3/c1-10(15(17)19)21-14-6-4-13(5-7-14)20-9-12-3-2-11(16)8-18-12/h2-8,10H,9H2,1H3,(H2,17,19). The average Bonchev–Trinajstić information content (AvgIpc) is 2.48. The summed E-state index contributed by atoms with van der Waals surface area (Å²) in [4.78, 5) is 15.0. The molecule has 2 aromatic rings. The number of halogens is 1. The van der Waals surface area contributed by atoms with Gasteiger partial charge in [0, 0.05) is 6.20 Å². The minimum absolute atomic E-state index is 0.342. The first-order valence-electron chi connectivity index (χ1n) is 6.34. The maximum absolute atomic E-state index is 10.9. The molecule has 0 aliphatic heterocycles. The van der Waals surface area contributed by atoms with E-state index in [0.29, 0.717) is 23.1 Å². The van der Waals surface area contributed by atoms with Crippen molar-refractivity contribution in [3.8, 4) is 11.5 Å². The molecule has 1 aromatic carbocycles. The summed E-state index contributed by atoms with van der Waals surface area (Å²) < 4.78 is 10.9. The van der Waals surface area contributed by atoms with Gasteiger partial charge in [-0.3, -0.25) is 9.78 Å². The highest BCUT2D eigenvalue weighted by molar-refractivity contribution is 6.30. The van der Waals surface area contributed by atoms with Crippen molar-refractivity contribution in [1.82, 2.24) is 4.98 Å². The van der Waals surface area contributed by atoms with E-state index in [0.717, 1.165) is 5.69 Å². The molecule has 5 nitrogen and oxygen atoms in total. The highest BCUT2D eigenvalue weighted by Crippen LogP contribution is 2.19. The number of aromatic nitrogens is 1. The number of hydrogen-bond acceptors (Lipinski definition) is 4. The van der Waals surface area contributed by atoms with Crippen LogP contribution in [0.2, 0.25) is 5.02 Å². The van der Waals surface area contributed by atoms with E-state index in [4.69, 9.17) is 26.8 Å². The van der Waals surface area contributed by atoms with Crippen LogP contribution in [0, 0.1) is 0 Å². The minimum Gasteiger partial charge on any atom is -0.487 e. The normalized spacial score (nSPS) is 11.7. The van der Waals surface area contributed by atoms with E-state index < -0.39 is 12.0 Å². The number of rotatable bonds is 6. The molecule has 0 fully saturated rings. The predicted octanol–water partition coefficient (Wildman–Crippen LogP) is 2.57. The first-order chi connectivity index (χ1) is 10.0. The van der Waals surface area contributed by atoms with Crippen LogP contribution in [0.5, 0.6) is 11.5 Å². The van der Waals surface area contributed by atoms with Crippen molar-refractivity contribution in [2.75, 3.05) is 0 Å². The fourth-order valence-electron chi connectivity index (χ4n) is 1.53. The summed E-state index contributed by atoms with van der Waals surface area (Å²) in [5.41, 5.74) is 5.91. The number of amides is 1. The Bertz CT molecular complexity index is 599. The van der Waals surface area contributed by atoms with Crippen LogP contribution in [0.3, 0.4) is 0 Å². The van der Waals surface area contributed by atoms with Crippen LogP contribution in [0.15, 0.2) is 42.6 Å². The maximum Gasteiger partial charge on any atom is 0.258 e. The number of pyridine rings is 1. The SMILES string of the molecule is CC(Oc1ccc(OCc2ccc(Cl)cn2)cc1)C(N)=O. The molecular weight excluding hydrogens is 292 g/mol. The number of carbonyl (C=O) groups is 1. The Balaban J connectivity index is 1.90. The third-order valence-corrected chi connectivity index (χ3v) is 2.94. The molecule has 0 aliphatic carbocycles. The Labute approximate surface area is 127 Å². The Kier molecular flexibility index (Phi) is 5.00. The molecule has 6 heteroatoms. The molecule has 0 radical (unpaired) electrons. The topological polar surface area (TPSA) is 74.4 Å². The number of primary amides is 1. The van der Waals surface area contributed by atoms with E-state index in [9.17, 15) is 4.79 Å². The van der Waals surface area contributed by atoms with Gasteiger partial charge < -0.3 is 15.2 Å². The van der Waals surface area contributed by atoms with Crippen molar-refractivity contribution in [3.05, 3.63) is 53.3 Å². The summed E-state index contributed by atoms with van der Waals surface area (Å²) >= 11 is 5.76. The summed E-state index contributed by atoms with van der Waals surface area (Å²) in [5, 5.41) is 0.587. The van der Waals surface area contributed by atoms with E-state index in [1.807, 2.05) is 0 Å². The van der Waals surface area contributed by atoms with Crippen molar-refractivity contribution in [2.45, 2.75) is 19.6 Å². The smallest absolute Gasteiger partial charge is 0.258 e. The summed E-state index contributed by atoms with van der Waals surface area (Å²) in [5.74, 6) is 0.716. The number of ether oxygens (including phenoxy) is 2. The zero-order chi connectivity index (χ0) is 15.2. The Morgan fingerprint density at radius 1 is 1.24 bits per heavy atom. The number of nitrogens with two attached hydrogens (primary N) is 1. The lowest BCUT2D eigenvalue weighted by Gasteiger charge is -2.12. The molecule has 0 aliphatic rings. The van der Waals surface area contributed by atoms with Gasteiger partial charge in [0.15, 0.2) is 6.10 Å². The van der Waals surface area contributed by atoms with Gasteiger partial charge in [0.2, 0.25) is 0 Å². The molecule has 1 amide bonds. The van der Waals surface area contributed by atoms with Crippen molar-refractivity contribution in [2.24, 2.45) is 5.73 Å². The van der Waals surface area contributed by atoms with E-state index in [1.165, 1.54) is 0 Å². The highest BCUT2D eigenvalue weighted by atomic mass is 35.5. The van der Waals surface area contributed by atoms with Gasteiger partial charge in [-0.15, -0.1) is 0 Å². The van der Waals surface area contributed by atoms with Gasteiger partial charge in [-0.1, -0.05) is 11.6 Å². The van der Waals surface area contributed by atoms with Gasteiger partial charge in [-0.05, 0) is 43.3 Å². The molecule has 1 unspecified atom stereocenters. The minimum atomic E-state index is -0.671. The lowest BCUT2D eigenvalue weighted by Crippen LogP contribution is -2.30. The molecular formula is C15H15ClN2O3. The second-order valence-electron chi connectivity index (χ2n) is 4.39. The molecule has 1 aromatic heterocycles. The van der Waals surface area contributed by atoms with E-state index >= 15 is 0 Å². The van der Waals surface area contributed by atoms with Crippen LogP contribution in [0.4, 0.5) is 0 Å². The van der Waals surface area contributed by atoms with Crippen LogP contribution in [-0.2, 0) is 11.4 Å². The van der Waals surface area contributed by atoms with Crippen molar-refractivity contribution in [3.63, 3.8) is 0 Å². The van der Waals surface area contributed by atoms with Crippen molar-refractivity contribution < 1.29 is 14.3 Å². The molecule has 0 saturated heterocycles. The molecule has 0 spiro atoms. The molecule has 1 atom stereocenters. The van der Waals surface area contributed by atoms with Crippen LogP contribution < -0.4 is 15.2 Å². The zero-order valence-corrected chi connectivity index (χ0v) is 12.2. The summed E-state index contributed by atoms with van der Waals surface area (Å²) in [6.45, 7) is 1.94. The lowest BCUT2D eigenvalue weighted by atomic mass is 10.3. The van der Waals surface area contributed by atoms with E-state index in [1.54, 1.807) is 49.5 Å².